The van der Waals surface area contributed by atoms with E-state index in [1.807, 2.05) is 13.8 Å². The molecule has 7 nitrogen and oxygen atoms in total. The second-order valence-corrected chi connectivity index (χ2v) is 7.85. The largest absolute Gasteiger partial charge is 0.490 e. The van der Waals surface area contributed by atoms with Crippen LogP contribution in [0.25, 0.3) is 0 Å². The van der Waals surface area contributed by atoms with Gasteiger partial charge in [0.2, 0.25) is 5.91 Å². The number of ether oxygens (including phenoxy) is 1. The standard InChI is InChI=1S/C21H24BrN3O4/c1-12(2)19(26)23-16-8-5-14(6-9-16)20(27)24-25-21(28)17-11-15(22)7-10-18(17)29-13(3)4/h5-13H,1-4H3,(H,23,26)(H,24,27)(H,25,28). The first kappa shape index (κ1) is 22.4. The molecule has 29 heavy (non-hydrogen) atoms. The molecule has 3 N–H and O–H groups in total. The molecule has 2 aromatic rings. The Kier molecular flexibility index (Phi) is 7.78. The summed E-state index contributed by atoms with van der Waals surface area (Å²) >= 11 is 3.33. The normalized spacial score (nSPS) is 10.6. The molecule has 0 spiro atoms. The monoisotopic (exact) mass is 461 g/mol. The third kappa shape index (κ3) is 6.60. The molecule has 0 aromatic heterocycles. The van der Waals surface area contributed by atoms with Gasteiger partial charge in [-0.1, -0.05) is 29.8 Å². The number of amides is 3. The van der Waals surface area contributed by atoms with Crippen molar-refractivity contribution in [3.8, 4) is 5.75 Å². The van der Waals surface area contributed by atoms with Crippen LogP contribution in [0.15, 0.2) is 46.9 Å². The lowest BCUT2D eigenvalue weighted by atomic mass is 10.1. The zero-order valence-corrected chi connectivity index (χ0v) is 18.3. The lowest BCUT2D eigenvalue weighted by Crippen LogP contribution is -2.41. The lowest BCUT2D eigenvalue weighted by molar-refractivity contribution is -0.118. The highest BCUT2D eigenvalue weighted by atomic mass is 79.9. The number of carbonyl (C=O) groups is 3. The quantitative estimate of drug-likeness (QED) is 0.568. The van der Waals surface area contributed by atoms with E-state index in [1.54, 1.807) is 56.3 Å². The maximum absolute atomic E-state index is 12.5. The second-order valence-electron chi connectivity index (χ2n) is 6.94. The average Bonchev–Trinajstić information content (AvgIpc) is 2.67. The van der Waals surface area contributed by atoms with Crippen LogP contribution in [0.4, 0.5) is 5.69 Å². The first-order chi connectivity index (χ1) is 13.7. The molecule has 2 rings (SSSR count). The van der Waals surface area contributed by atoms with Crippen LogP contribution in [0, 0.1) is 5.92 Å². The van der Waals surface area contributed by atoms with Crippen molar-refractivity contribution in [1.29, 1.82) is 0 Å². The zero-order chi connectivity index (χ0) is 21.6. The van der Waals surface area contributed by atoms with Crippen LogP contribution < -0.4 is 20.9 Å². The van der Waals surface area contributed by atoms with E-state index in [-0.39, 0.29) is 17.9 Å². The topological polar surface area (TPSA) is 96.5 Å². The van der Waals surface area contributed by atoms with Crippen molar-refractivity contribution in [2.45, 2.75) is 33.8 Å². The number of rotatable bonds is 6. The van der Waals surface area contributed by atoms with E-state index in [1.165, 1.54) is 0 Å². The third-order valence-corrected chi connectivity index (χ3v) is 4.27. The number of hydrogen-bond acceptors (Lipinski definition) is 4. The number of anilines is 1. The SMILES string of the molecule is CC(C)Oc1ccc(Br)cc1C(=O)NNC(=O)c1ccc(NC(=O)C(C)C)cc1. The Labute approximate surface area is 178 Å². The van der Waals surface area contributed by atoms with Gasteiger partial charge in [-0.15, -0.1) is 0 Å². The van der Waals surface area contributed by atoms with Gasteiger partial charge in [0.05, 0.1) is 11.7 Å². The fourth-order valence-electron chi connectivity index (χ4n) is 2.28. The number of benzene rings is 2. The predicted molar refractivity (Wildman–Crippen MR) is 115 cm³/mol. The molecular formula is C21H24BrN3O4. The highest BCUT2D eigenvalue weighted by Crippen LogP contribution is 2.24. The Bertz CT molecular complexity index is 895. The Balaban J connectivity index is 2.01. The minimum atomic E-state index is -0.504. The van der Waals surface area contributed by atoms with Gasteiger partial charge in [-0.3, -0.25) is 25.2 Å². The first-order valence-corrected chi connectivity index (χ1v) is 9.94. The number of hydrogen-bond donors (Lipinski definition) is 3. The molecule has 0 aliphatic rings. The van der Waals surface area contributed by atoms with Gasteiger partial charge >= 0.3 is 0 Å². The van der Waals surface area contributed by atoms with Crippen LogP contribution in [0.3, 0.4) is 0 Å². The molecule has 0 heterocycles. The molecule has 8 heteroatoms. The molecule has 0 atom stereocenters. The van der Waals surface area contributed by atoms with Gasteiger partial charge in [0.15, 0.2) is 0 Å². The molecule has 0 saturated heterocycles. The molecule has 0 unspecified atom stereocenters. The van der Waals surface area contributed by atoms with Gasteiger partial charge < -0.3 is 10.1 Å². The third-order valence-electron chi connectivity index (χ3n) is 3.78. The first-order valence-electron chi connectivity index (χ1n) is 9.15. The van der Waals surface area contributed by atoms with Gasteiger partial charge in [0.1, 0.15) is 5.75 Å². The highest BCUT2D eigenvalue weighted by Gasteiger charge is 2.16. The molecule has 0 fully saturated rings. The van der Waals surface area contributed by atoms with Crippen molar-refractivity contribution in [3.63, 3.8) is 0 Å². The maximum Gasteiger partial charge on any atom is 0.273 e. The summed E-state index contributed by atoms with van der Waals surface area (Å²) in [4.78, 5) is 36.5. The van der Waals surface area contributed by atoms with Gasteiger partial charge in [-0.05, 0) is 56.3 Å². The van der Waals surface area contributed by atoms with Gasteiger partial charge in [0.25, 0.3) is 11.8 Å². The maximum atomic E-state index is 12.5. The van der Waals surface area contributed by atoms with E-state index in [2.05, 4.69) is 32.1 Å². The van der Waals surface area contributed by atoms with Crippen LogP contribution in [0.2, 0.25) is 0 Å². The van der Waals surface area contributed by atoms with Crippen molar-refractivity contribution in [2.75, 3.05) is 5.32 Å². The molecule has 3 amide bonds. The molecule has 0 aliphatic carbocycles. The predicted octanol–water partition coefficient (Wildman–Crippen LogP) is 3.91. The van der Waals surface area contributed by atoms with Gasteiger partial charge in [-0.2, -0.15) is 0 Å². The zero-order valence-electron chi connectivity index (χ0n) is 16.7. The van der Waals surface area contributed by atoms with E-state index < -0.39 is 11.8 Å². The molecule has 0 aliphatic heterocycles. The molecule has 0 radical (unpaired) electrons. The summed E-state index contributed by atoms with van der Waals surface area (Å²) in [5, 5.41) is 2.75. The van der Waals surface area contributed by atoms with Crippen LogP contribution in [0.5, 0.6) is 5.75 Å². The molecule has 154 valence electrons. The number of nitrogens with one attached hydrogen (secondary N) is 3. The molecule has 0 saturated carbocycles. The minimum absolute atomic E-state index is 0.105. The number of carbonyl (C=O) groups excluding carboxylic acids is 3. The Morgan fingerprint density at radius 2 is 1.52 bits per heavy atom. The summed E-state index contributed by atoms with van der Waals surface area (Å²) in [7, 11) is 0. The number of hydrazine groups is 1. The minimum Gasteiger partial charge on any atom is -0.490 e. The average molecular weight is 462 g/mol. The highest BCUT2D eigenvalue weighted by molar-refractivity contribution is 9.10. The summed E-state index contributed by atoms with van der Waals surface area (Å²) in [6.07, 6.45) is -0.105. The van der Waals surface area contributed by atoms with Crippen LogP contribution >= 0.6 is 15.9 Å². The molecule has 0 bridgehead atoms. The van der Waals surface area contributed by atoms with E-state index in [9.17, 15) is 14.4 Å². The summed E-state index contributed by atoms with van der Waals surface area (Å²) in [5.74, 6) is -0.823. The van der Waals surface area contributed by atoms with Crippen molar-refractivity contribution in [2.24, 2.45) is 5.92 Å². The van der Waals surface area contributed by atoms with E-state index in [0.29, 0.717) is 27.0 Å². The second kappa shape index (κ2) is 10.1. The molecule has 2 aromatic carbocycles. The van der Waals surface area contributed by atoms with Gasteiger partial charge in [-0.25, -0.2) is 0 Å². The van der Waals surface area contributed by atoms with Crippen LogP contribution in [-0.2, 0) is 4.79 Å². The summed E-state index contributed by atoms with van der Waals surface area (Å²) in [5.41, 5.74) is 5.99. The Hall–Kier alpha value is -2.87. The summed E-state index contributed by atoms with van der Waals surface area (Å²) in [6.45, 7) is 7.31. The van der Waals surface area contributed by atoms with Crippen LogP contribution in [0.1, 0.15) is 48.4 Å². The van der Waals surface area contributed by atoms with E-state index in [4.69, 9.17) is 4.74 Å². The van der Waals surface area contributed by atoms with E-state index >= 15 is 0 Å². The van der Waals surface area contributed by atoms with E-state index in [0.717, 1.165) is 0 Å². The van der Waals surface area contributed by atoms with Crippen molar-refractivity contribution in [3.05, 3.63) is 58.1 Å². The van der Waals surface area contributed by atoms with Crippen molar-refractivity contribution in [1.82, 2.24) is 10.9 Å². The fourth-order valence-corrected chi connectivity index (χ4v) is 2.64. The summed E-state index contributed by atoms with van der Waals surface area (Å²) < 4.78 is 6.36. The van der Waals surface area contributed by atoms with Crippen molar-refractivity contribution < 1.29 is 19.1 Å². The van der Waals surface area contributed by atoms with Crippen LogP contribution in [-0.4, -0.2) is 23.8 Å². The Morgan fingerprint density at radius 1 is 0.897 bits per heavy atom. The smallest absolute Gasteiger partial charge is 0.273 e. The van der Waals surface area contributed by atoms with Gasteiger partial charge in [0, 0.05) is 21.6 Å². The number of halogens is 1. The Morgan fingerprint density at radius 3 is 2.10 bits per heavy atom. The summed E-state index contributed by atoms with van der Waals surface area (Å²) in [6, 6.07) is 11.4. The fraction of sp³-hybridized carbons (Fsp3) is 0.286. The van der Waals surface area contributed by atoms with Crippen molar-refractivity contribution >= 4 is 39.3 Å². The lowest BCUT2D eigenvalue weighted by Gasteiger charge is -2.15. The molecular weight excluding hydrogens is 438 g/mol.